The molecule has 0 radical (unpaired) electrons. The molecule has 5 rings (SSSR count). The van der Waals surface area contributed by atoms with Crippen LogP contribution in [0.5, 0.6) is 0 Å². The van der Waals surface area contributed by atoms with E-state index < -0.39 is 5.82 Å². The first kappa shape index (κ1) is 19.6. The Bertz CT molecular complexity index is 1280. The Morgan fingerprint density at radius 2 is 1.90 bits per heavy atom. The predicted molar refractivity (Wildman–Crippen MR) is 122 cm³/mol. The third kappa shape index (κ3) is 3.55. The van der Waals surface area contributed by atoms with Crippen molar-refractivity contribution in [3.05, 3.63) is 100.0 Å². The number of aromatic amines is 1. The van der Waals surface area contributed by atoms with E-state index in [-0.39, 0.29) is 17.8 Å². The summed E-state index contributed by atoms with van der Waals surface area (Å²) in [6, 6.07) is 19.5. The number of hydrogen-bond donors (Lipinski definition) is 2. The summed E-state index contributed by atoms with van der Waals surface area (Å²) < 4.78 is 14.1. The molecule has 0 spiro atoms. The Balaban J connectivity index is 1.60. The number of nitrogens with one attached hydrogen (secondary N) is 2. The molecule has 1 aromatic heterocycles. The normalized spacial score (nSPS) is 15.7. The molecular weight excluding hydrogens is 413 g/mol. The highest BCUT2D eigenvalue weighted by Gasteiger charge is 2.34. The Kier molecular flexibility index (Phi) is 4.91. The molecule has 3 aromatic carbocycles. The van der Waals surface area contributed by atoms with Crippen molar-refractivity contribution in [2.75, 3.05) is 11.9 Å². The number of benzene rings is 3. The van der Waals surface area contributed by atoms with Gasteiger partial charge in [-0.05, 0) is 54.8 Å². The maximum atomic E-state index is 14.1. The quantitative estimate of drug-likeness (QED) is 0.375. The standard InChI is InChI=1S/C25H21ClFN3O/c1-15-6-8-16(9-7-15)24-23-18(19-14-17(26)10-11-21(19)28-23)12-13-30(24)25(31)29-22-5-3-2-4-20(22)27/h2-11,14,24,28H,12-13H2,1H3,(H,29,31)/t24-/m1/s1. The number of fused-ring (bicyclic) bond motifs is 3. The topological polar surface area (TPSA) is 48.1 Å². The first-order valence-corrected chi connectivity index (χ1v) is 10.6. The fraction of sp³-hybridized carbons (Fsp3) is 0.160. The number of aryl methyl sites for hydroxylation is 1. The molecule has 2 heterocycles. The number of urea groups is 1. The van der Waals surface area contributed by atoms with Gasteiger partial charge in [-0.2, -0.15) is 0 Å². The van der Waals surface area contributed by atoms with E-state index in [0.29, 0.717) is 18.0 Å². The summed E-state index contributed by atoms with van der Waals surface area (Å²) >= 11 is 6.25. The zero-order valence-corrected chi connectivity index (χ0v) is 17.7. The van der Waals surface area contributed by atoms with Gasteiger partial charge < -0.3 is 15.2 Å². The summed E-state index contributed by atoms with van der Waals surface area (Å²) in [4.78, 5) is 18.5. The number of carbonyl (C=O) groups excluding carboxylic acids is 1. The molecule has 0 saturated carbocycles. The number of carbonyl (C=O) groups is 1. The van der Waals surface area contributed by atoms with Gasteiger partial charge in [-0.1, -0.05) is 53.6 Å². The first-order valence-electron chi connectivity index (χ1n) is 10.2. The number of aromatic nitrogens is 1. The van der Waals surface area contributed by atoms with E-state index >= 15 is 0 Å². The minimum absolute atomic E-state index is 0.171. The van der Waals surface area contributed by atoms with Crippen LogP contribution in [0, 0.1) is 12.7 Å². The molecule has 1 aliphatic heterocycles. The molecule has 4 aromatic rings. The van der Waals surface area contributed by atoms with E-state index in [1.807, 2.05) is 49.4 Å². The van der Waals surface area contributed by atoms with Gasteiger partial charge in [0.1, 0.15) is 5.82 Å². The Labute approximate surface area is 184 Å². The van der Waals surface area contributed by atoms with E-state index in [9.17, 15) is 9.18 Å². The molecule has 0 fully saturated rings. The number of nitrogens with zero attached hydrogens (tertiary/aromatic N) is 1. The zero-order valence-electron chi connectivity index (χ0n) is 17.0. The maximum Gasteiger partial charge on any atom is 0.322 e. The van der Waals surface area contributed by atoms with Crippen LogP contribution in [0.25, 0.3) is 10.9 Å². The number of para-hydroxylation sites is 1. The average Bonchev–Trinajstić information content (AvgIpc) is 3.13. The Morgan fingerprint density at radius 3 is 2.68 bits per heavy atom. The van der Waals surface area contributed by atoms with Gasteiger partial charge in [0.15, 0.2) is 0 Å². The highest BCUT2D eigenvalue weighted by molar-refractivity contribution is 6.31. The molecule has 156 valence electrons. The second-order valence-electron chi connectivity index (χ2n) is 7.87. The lowest BCUT2D eigenvalue weighted by molar-refractivity contribution is 0.193. The van der Waals surface area contributed by atoms with Crippen LogP contribution in [0.2, 0.25) is 5.02 Å². The highest BCUT2D eigenvalue weighted by Crippen LogP contribution is 2.39. The van der Waals surface area contributed by atoms with Gasteiger partial charge >= 0.3 is 6.03 Å². The lowest BCUT2D eigenvalue weighted by Crippen LogP contribution is -2.43. The summed E-state index contributed by atoms with van der Waals surface area (Å²) in [5, 5.41) is 4.50. The van der Waals surface area contributed by atoms with E-state index in [2.05, 4.69) is 10.3 Å². The fourth-order valence-corrected chi connectivity index (χ4v) is 4.50. The first-order chi connectivity index (χ1) is 15.0. The van der Waals surface area contributed by atoms with Gasteiger partial charge in [-0.3, -0.25) is 0 Å². The van der Waals surface area contributed by atoms with Crippen molar-refractivity contribution in [2.45, 2.75) is 19.4 Å². The average molecular weight is 434 g/mol. The number of hydrogen-bond acceptors (Lipinski definition) is 1. The van der Waals surface area contributed by atoms with Crippen molar-refractivity contribution in [3.8, 4) is 0 Å². The van der Waals surface area contributed by atoms with Crippen LogP contribution in [0.1, 0.15) is 28.4 Å². The van der Waals surface area contributed by atoms with Crippen LogP contribution in [0.15, 0.2) is 66.7 Å². The lowest BCUT2D eigenvalue weighted by Gasteiger charge is -2.36. The number of amides is 2. The molecule has 1 atom stereocenters. The number of anilines is 1. The zero-order chi connectivity index (χ0) is 21.5. The Hall–Kier alpha value is -3.31. The molecule has 0 unspecified atom stereocenters. The molecule has 6 heteroatoms. The van der Waals surface area contributed by atoms with Crippen LogP contribution in [-0.2, 0) is 6.42 Å². The third-order valence-electron chi connectivity index (χ3n) is 5.86. The SMILES string of the molecule is Cc1ccc([C@@H]2c3[nH]c4ccc(Cl)cc4c3CCN2C(=O)Nc2ccccc2F)cc1. The van der Waals surface area contributed by atoms with Crippen molar-refractivity contribution in [2.24, 2.45) is 0 Å². The number of H-pyrrole nitrogens is 1. The van der Waals surface area contributed by atoms with Crippen molar-refractivity contribution in [3.63, 3.8) is 0 Å². The molecule has 0 bridgehead atoms. The van der Waals surface area contributed by atoms with Crippen LogP contribution >= 0.6 is 11.6 Å². The van der Waals surface area contributed by atoms with Gasteiger partial charge in [0.25, 0.3) is 0 Å². The molecule has 2 N–H and O–H groups in total. The highest BCUT2D eigenvalue weighted by atomic mass is 35.5. The molecule has 31 heavy (non-hydrogen) atoms. The number of halogens is 2. The molecule has 4 nitrogen and oxygen atoms in total. The van der Waals surface area contributed by atoms with E-state index in [4.69, 9.17) is 11.6 Å². The van der Waals surface area contributed by atoms with Gasteiger partial charge in [0, 0.05) is 28.2 Å². The van der Waals surface area contributed by atoms with Gasteiger partial charge in [-0.15, -0.1) is 0 Å². The van der Waals surface area contributed by atoms with Crippen molar-refractivity contribution in [1.29, 1.82) is 0 Å². The summed E-state index contributed by atoms with van der Waals surface area (Å²) in [7, 11) is 0. The van der Waals surface area contributed by atoms with Crippen molar-refractivity contribution in [1.82, 2.24) is 9.88 Å². The molecule has 0 aliphatic carbocycles. The van der Waals surface area contributed by atoms with Gasteiger partial charge in [-0.25, -0.2) is 9.18 Å². The molecule has 1 aliphatic rings. The minimum Gasteiger partial charge on any atom is -0.356 e. The minimum atomic E-state index is -0.458. The van der Waals surface area contributed by atoms with E-state index in [0.717, 1.165) is 33.3 Å². The Morgan fingerprint density at radius 1 is 1.13 bits per heavy atom. The molecule has 0 saturated heterocycles. The van der Waals surface area contributed by atoms with Gasteiger partial charge in [0.2, 0.25) is 0 Å². The van der Waals surface area contributed by atoms with Crippen molar-refractivity contribution >= 4 is 34.2 Å². The fourth-order valence-electron chi connectivity index (χ4n) is 4.32. The monoisotopic (exact) mass is 433 g/mol. The van der Waals surface area contributed by atoms with Crippen LogP contribution in [0.4, 0.5) is 14.9 Å². The summed E-state index contributed by atoms with van der Waals surface area (Å²) in [5.74, 6) is -0.458. The van der Waals surface area contributed by atoms with E-state index in [1.165, 1.54) is 6.07 Å². The summed E-state index contributed by atoms with van der Waals surface area (Å²) in [6.07, 6.45) is 0.683. The van der Waals surface area contributed by atoms with Crippen LogP contribution in [0.3, 0.4) is 0 Å². The summed E-state index contributed by atoms with van der Waals surface area (Å²) in [6.45, 7) is 2.54. The summed E-state index contributed by atoms with van der Waals surface area (Å²) in [5.41, 5.74) is 5.43. The third-order valence-corrected chi connectivity index (χ3v) is 6.09. The lowest BCUT2D eigenvalue weighted by atomic mass is 9.92. The van der Waals surface area contributed by atoms with Crippen molar-refractivity contribution < 1.29 is 9.18 Å². The van der Waals surface area contributed by atoms with E-state index in [1.54, 1.807) is 23.1 Å². The molecule has 2 amide bonds. The van der Waals surface area contributed by atoms with Crippen LogP contribution < -0.4 is 5.32 Å². The second kappa shape index (κ2) is 7.75. The smallest absolute Gasteiger partial charge is 0.322 e. The predicted octanol–water partition coefficient (Wildman–Crippen LogP) is 6.45. The maximum absolute atomic E-state index is 14.1. The number of rotatable bonds is 2. The van der Waals surface area contributed by atoms with Crippen LogP contribution in [-0.4, -0.2) is 22.5 Å². The van der Waals surface area contributed by atoms with Gasteiger partial charge in [0.05, 0.1) is 11.7 Å². The second-order valence-corrected chi connectivity index (χ2v) is 8.31. The molecular formula is C25H21ClFN3O. The largest absolute Gasteiger partial charge is 0.356 e.